The summed E-state index contributed by atoms with van der Waals surface area (Å²) >= 11 is 1.33. The van der Waals surface area contributed by atoms with E-state index in [0.717, 1.165) is 18.4 Å². The standard InChI is InChI=1S/C26H24N2O5S/c1-3-5-13-32-19-11-10-16(15-20(19)31-4-2)22-21-23(29)17-8-6-7-9-18(17)33-24(21)25(30)28(22)26-27-12-14-34-26/h6-12,14-15,22H,3-5,13H2,1-2H3/t22-/m0/s1. The highest BCUT2D eigenvalue weighted by Gasteiger charge is 2.45. The van der Waals surface area contributed by atoms with Crippen molar-refractivity contribution in [3.8, 4) is 11.5 Å². The second-order valence-electron chi connectivity index (χ2n) is 7.90. The molecule has 0 unspecified atom stereocenters. The lowest BCUT2D eigenvalue weighted by Crippen LogP contribution is -2.29. The molecule has 0 bridgehead atoms. The van der Waals surface area contributed by atoms with Crippen molar-refractivity contribution >= 4 is 33.3 Å². The lowest BCUT2D eigenvalue weighted by molar-refractivity contribution is 0.0971. The second kappa shape index (κ2) is 9.30. The lowest BCUT2D eigenvalue weighted by Gasteiger charge is -2.23. The molecule has 2 aromatic carbocycles. The van der Waals surface area contributed by atoms with E-state index < -0.39 is 6.04 Å². The number of benzene rings is 2. The Morgan fingerprint density at radius 2 is 1.94 bits per heavy atom. The van der Waals surface area contributed by atoms with Crippen LogP contribution in [0.1, 0.15) is 54.4 Å². The Morgan fingerprint density at radius 1 is 1.09 bits per heavy atom. The highest BCUT2D eigenvalue weighted by molar-refractivity contribution is 7.13. The number of unbranched alkanes of at least 4 members (excludes halogenated alkanes) is 1. The Hall–Kier alpha value is -3.65. The van der Waals surface area contributed by atoms with Gasteiger partial charge in [0.1, 0.15) is 5.58 Å². The van der Waals surface area contributed by atoms with Crippen LogP contribution < -0.4 is 19.8 Å². The maximum Gasteiger partial charge on any atom is 0.297 e. The molecule has 0 N–H and O–H groups in total. The zero-order chi connectivity index (χ0) is 23.7. The normalized spacial score (nSPS) is 15.1. The molecule has 7 nitrogen and oxygen atoms in total. The molecule has 1 aliphatic rings. The summed E-state index contributed by atoms with van der Waals surface area (Å²) in [5.74, 6) is 0.861. The number of aromatic nitrogens is 1. The van der Waals surface area contributed by atoms with Crippen molar-refractivity contribution in [3.05, 3.63) is 81.2 Å². The maximum absolute atomic E-state index is 13.6. The summed E-state index contributed by atoms with van der Waals surface area (Å²) < 4.78 is 17.8. The largest absolute Gasteiger partial charge is 0.490 e. The molecule has 34 heavy (non-hydrogen) atoms. The number of carbonyl (C=O) groups is 1. The van der Waals surface area contributed by atoms with E-state index in [1.165, 1.54) is 16.2 Å². The topological polar surface area (TPSA) is 81.9 Å². The van der Waals surface area contributed by atoms with Crippen LogP contribution in [-0.2, 0) is 0 Å². The molecule has 2 aromatic heterocycles. The Bertz CT molecular complexity index is 1400. The van der Waals surface area contributed by atoms with Crippen molar-refractivity contribution in [2.24, 2.45) is 0 Å². The van der Waals surface area contributed by atoms with Gasteiger partial charge in [-0.05, 0) is 43.2 Å². The third-order valence-electron chi connectivity index (χ3n) is 5.74. The van der Waals surface area contributed by atoms with E-state index in [9.17, 15) is 9.59 Å². The molecule has 1 amide bonds. The molecular weight excluding hydrogens is 452 g/mol. The molecule has 0 saturated carbocycles. The van der Waals surface area contributed by atoms with Crippen LogP contribution in [0.5, 0.6) is 11.5 Å². The summed E-state index contributed by atoms with van der Waals surface area (Å²) in [7, 11) is 0. The molecule has 3 heterocycles. The van der Waals surface area contributed by atoms with Crippen molar-refractivity contribution in [3.63, 3.8) is 0 Å². The van der Waals surface area contributed by atoms with Gasteiger partial charge in [0, 0.05) is 11.6 Å². The minimum atomic E-state index is -0.696. The quantitative estimate of drug-likeness (QED) is 0.309. The van der Waals surface area contributed by atoms with Crippen LogP contribution in [0.15, 0.2) is 63.3 Å². The summed E-state index contributed by atoms with van der Waals surface area (Å²) in [4.78, 5) is 33.0. The molecule has 0 radical (unpaired) electrons. The fraction of sp³-hybridized carbons (Fsp3) is 0.269. The Labute approximate surface area is 200 Å². The van der Waals surface area contributed by atoms with Crippen LogP contribution in [0.3, 0.4) is 0 Å². The van der Waals surface area contributed by atoms with Gasteiger partial charge in [-0.1, -0.05) is 31.5 Å². The number of hydrogen-bond acceptors (Lipinski definition) is 7. The van der Waals surface area contributed by atoms with Gasteiger partial charge in [-0.3, -0.25) is 14.5 Å². The van der Waals surface area contributed by atoms with E-state index in [4.69, 9.17) is 13.9 Å². The van der Waals surface area contributed by atoms with E-state index in [2.05, 4.69) is 11.9 Å². The van der Waals surface area contributed by atoms with E-state index in [1.807, 2.05) is 25.1 Å². The predicted molar refractivity (Wildman–Crippen MR) is 131 cm³/mol. The summed E-state index contributed by atoms with van der Waals surface area (Å²) in [6, 6.07) is 11.8. The van der Waals surface area contributed by atoms with Gasteiger partial charge in [-0.25, -0.2) is 4.98 Å². The van der Waals surface area contributed by atoms with Crippen LogP contribution in [0.2, 0.25) is 0 Å². The number of carbonyl (C=O) groups excluding carboxylic acids is 1. The number of nitrogens with zero attached hydrogens (tertiary/aromatic N) is 2. The molecular formula is C26H24N2O5S. The monoisotopic (exact) mass is 476 g/mol. The molecule has 174 valence electrons. The van der Waals surface area contributed by atoms with Crippen LogP contribution >= 0.6 is 11.3 Å². The fourth-order valence-electron chi connectivity index (χ4n) is 4.18. The van der Waals surface area contributed by atoms with Crippen molar-refractivity contribution < 1.29 is 18.7 Å². The van der Waals surface area contributed by atoms with Gasteiger partial charge in [-0.15, -0.1) is 11.3 Å². The predicted octanol–water partition coefficient (Wildman–Crippen LogP) is 5.58. The summed E-state index contributed by atoms with van der Waals surface area (Å²) in [5.41, 5.74) is 1.18. The zero-order valence-electron chi connectivity index (χ0n) is 18.9. The lowest BCUT2D eigenvalue weighted by atomic mass is 9.98. The summed E-state index contributed by atoms with van der Waals surface area (Å²) in [6.07, 6.45) is 3.59. The second-order valence-corrected chi connectivity index (χ2v) is 8.78. The Kier molecular flexibility index (Phi) is 6.06. The van der Waals surface area contributed by atoms with Gasteiger partial charge in [0.2, 0.25) is 5.76 Å². The average molecular weight is 477 g/mol. The SMILES string of the molecule is CCCCOc1ccc([C@H]2c3c(oc4ccccc4c3=O)C(=O)N2c2nccs2)cc1OCC. The van der Waals surface area contributed by atoms with E-state index in [1.54, 1.807) is 35.8 Å². The van der Waals surface area contributed by atoms with E-state index in [0.29, 0.717) is 46.4 Å². The molecule has 0 fully saturated rings. The molecule has 1 atom stereocenters. The van der Waals surface area contributed by atoms with Gasteiger partial charge in [-0.2, -0.15) is 0 Å². The number of ether oxygens (including phenoxy) is 2. The fourth-order valence-corrected chi connectivity index (χ4v) is 4.84. The zero-order valence-corrected chi connectivity index (χ0v) is 19.8. The third kappa shape index (κ3) is 3.74. The van der Waals surface area contributed by atoms with Crippen molar-refractivity contribution in [2.75, 3.05) is 18.1 Å². The van der Waals surface area contributed by atoms with Crippen LogP contribution in [0, 0.1) is 0 Å². The Balaban J connectivity index is 1.69. The van der Waals surface area contributed by atoms with Crippen LogP contribution in [-0.4, -0.2) is 24.1 Å². The first kappa shape index (κ1) is 22.2. The Morgan fingerprint density at radius 3 is 2.71 bits per heavy atom. The molecule has 0 saturated heterocycles. The number of anilines is 1. The smallest absolute Gasteiger partial charge is 0.297 e. The van der Waals surface area contributed by atoms with Crippen LogP contribution in [0.25, 0.3) is 11.0 Å². The molecule has 0 spiro atoms. The van der Waals surface area contributed by atoms with Gasteiger partial charge in [0.05, 0.1) is 30.2 Å². The number of amides is 1. The minimum absolute atomic E-state index is 0.0464. The molecule has 4 aromatic rings. The molecule has 1 aliphatic heterocycles. The number of para-hydroxylation sites is 1. The van der Waals surface area contributed by atoms with Gasteiger partial charge in [0.25, 0.3) is 5.91 Å². The number of hydrogen-bond donors (Lipinski definition) is 0. The molecule has 8 heteroatoms. The van der Waals surface area contributed by atoms with Gasteiger partial charge >= 0.3 is 0 Å². The third-order valence-corrected chi connectivity index (χ3v) is 6.51. The molecule has 5 rings (SSSR count). The average Bonchev–Trinajstić information content (AvgIpc) is 3.47. The van der Waals surface area contributed by atoms with Crippen LogP contribution in [0.4, 0.5) is 5.13 Å². The first-order valence-corrected chi connectivity index (χ1v) is 12.2. The van der Waals surface area contributed by atoms with E-state index in [-0.39, 0.29) is 17.1 Å². The van der Waals surface area contributed by atoms with Gasteiger partial charge < -0.3 is 13.9 Å². The van der Waals surface area contributed by atoms with Crippen molar-refractivity contribution in [1.29, 1.82) is 0 Å². The van der Waals surface area contributed by atoms with Gasteiger partial charge in [0.15, 0.2) is 22.1 Å². The highest BCUT2D eigenvalue weighted by Crippen LogP contribution is 2.43. The van der Waals surface area contributed by atoms with Crippen molar-refractivity contribution in [2.45, 2.75) is 32.7 Å². The van der Waals surface area contributed by atoms with Crippen molar-refractivity contribution in [1.82, 2.24) is 4.98 Å². The van der Waals surface area contributed by atoms with E-state index >= 15 is 0 Å². The molecule has 0 aliphatic carbocycles. The number of fused-ring (bicyclic) bond motifs is 2. The highest BCUT2D eigenvalue weighted by atomic mass is 32.1. The maximum atomic E-state index is 13.6. The first-order valence-electron chi connectivity index (χ1n) is 11.3. The summed E-state index contributed by atoms with van der Waals surface area (Å²) in [6.45, 7) is 5.05. The minimum Gasteiger partial charge on any atom is -0.490 e. The summed E-state index contributed by atoms with van der Waals surface area (Å²) in [5, 5.41) is 2.72. The first-order chi connectivity index (χ1) is 16.6. The number of thiazole rings is 1. The number of rotatable bonds is 8.